The van der Waals surface area contributed by atoms with Gasteiger partial charge in [-0.05, 0) is 19.9 Å². The molecular weight excluding hydrogens is 160 g/mol. The number of hydrogen-bond acceptors (Lipinski definition) is 1. The van der Waals surface area contributed by atoms with E-state index in [1.54, 1.807) is 12.5 Å². The van der Waals surface area contributed by atoms with Gasteiger partial charge in [-0.2, -0.15) is 0 Å². The van der Waals surface area contributed by atoms with Gasteiger partial charge in [-0.25, -0.2) is 4.98 Å². The Balaban J connectivity index is 2.79. The van der Waals surface area contributed by atoms with Gasteiger partial charge in [-0.3, -0.25) is 0 Å². The summed E-state index contributed by atoms with van der Waals surface area (Å²) < 4.78 is 1.97. The number of nitrogens with zero attached hydrogens (tertiary/aromatic N) is 2. The third kappa shape index (κ3) is 2.75. The average molecular weight is 174 g/mol. The molecule has 0 atom stereocenters. The summed E-state index contributed by atoms with van der Waals surface area (Å²) in [5.74, 6) is 0. The molecule has 1 rings (SSSR count). The first-order valence-electron chi connectivity index (χ1n) is 4.20. The Morgan fingerprint density at radius 1 is 1.38 bits per heavy atom. The van der Waals surface area contributed by atoms with Crippen molar-refractivity contribution in [2.45, 2.75) is 13.8 Å². The second kappa shape index (κ2) is 4.45. The molecule has 0 spiro atoms. The van der Waals surface area contributed by atoms with Crippen LogP contribution in [0.4, 0.5) is 0 Å². The average Bonchev–Trinajstić information content (AvgIpc) is 2.66. The van der Waals surface area contributed by atoms with E-state index >= 15 is 0 Å². The van der Waals surface area contributed by atoms with Crippen molar-refractivity contribution in [2.24, 2.45) is 0 Å². The Morgan fingerprint density at radius 2 is 2.15 bits per heavy atom. The standard InChI is InChI=1S/C11H14N2/c1-4-10(2)5-6-11(3)13-8-7-12-9-13/h4-9H,1H2,2-3H3/b10-5-,11-6+. The summed E-state index contributed by atoms with van der Waals surface area (Å²) >= 11 is 0. The maximum atomic E-state index is 3.97. The van der Waals surface area contributed by atoms with E-state index in [1.165, 1.54) is 0 Å². The van der Waals surface area contributed by atoms with Crippen LogP contribution in [0.25, 0.3) is 5.70 Å². The minimum atomic E-state index is 1.14. The summed E-state index contributed by atoms with van der Waals surface area (Å²) in [5, 5.41) is 0. The molecule has 0 radical (unpaired) electrons. The molecule has 0 aliphatic rings. The molecule has 2 heteroatoms. The molecule has 1 aromatic rings. The predicted molar refractivity (Wildman–Crippen MR) is 56.1 cm³/mol. The van der Waals surface area contributed by atoms with Gasteiger partial charge in [0.1, 0.15) is 0 Å². The topological polar surface area (TPSA) is 17.8 Å². The Labute approximate surface area is 78.9 Å². The van der Waals surface area contributed by atoms with Gasteiger partial charge in [0.25, 0.3) is 0 Å². The maximum absolute atomic E-state index is 3.97. The molecule has 13 heavy (non-hydrogen) atoms. The van der Waals surface area contributed by atoms with Crippen molar-refractivity contribution < 1.29 is 0 Å². The molecule has 0 amide bonds. The highest BCUT2D eigenvalue weighted by atomic mass is 15.0. The van der Waals surface area contributed by atoms with Crippen LogP contribution in [0.15, 0.2) is 49.1 Å². The first-order valence-corrected chi connectivity index (χ1v) is 4.20. The third-order valence-corrected chi connectivity index (χ3v) is 1.82. The smallest absolute Gasteiger partial charge is 0.0989 e. The van der Waals surface area contributed by atoms with Crippen LogP contribution in [-0.4, -0.2) is 9.55 Å². The summed E-state index contributed by atoms with van der Waals surface area (Å²) in [5.41, 5.74) is 2.29. The molecule has 0 N–H and O–H groups in total. The van der Waals surface area contributed by atoms with Gasteiger partial charge in [-0.1, -0.05) is 24.3 Å². The lowest BCUT2D eigenvalue weighted by atomic mass is 10.2. The number of rotatable bonds is 3. The largest absolute Gasteiger partial charge is 0.310 e. The van der Waals surface area contributed by atoms with E-state index in [4.69, 9.17) is 0 Å². The van der Waals surface area contributed by atoms with Crippen molar-refractivity contribution in [1.29, 1.82) is 0 Å². The van der Waals surface area contributed by atoms with Gasteiger partial charge in [0.2, 0.25) is 0 Å². The van der Waals surface area contributed by atoms with Crippen molar-refractivity contribution in [2.75, 3.05) is 0 Å². The second-order valence-electron chi connectivity index (χ2n) is 2.89. The number of aromatic nitrogens is 2. The molecule has 0 aliphatic carbocycles. The lowest BCUT2D eigenvalue weighted by Gasteiger charge is -1.98. The highest BCUT2D eigenvalue weighted by Crippen LogP contribution is 2.03. The van der Waals surface area contributed by atoms with Crippen LogP contribution < -0.4 is 0 Å². The summed E-state index contributed by atoms with van der Waals surface area (Å²) in [6.45, 7) is 7.74. The maximum Gasteiger partial charge on any atom is 0.0989 e. The van der Waals surface area contributed by atoms with Gasteiger partial charge in [-0.15, -0.1) is 0 Å². The molecule has 68 valence electrons. The Bertz CT molecular complexity index is 329. The SMILES string of the molecule is C=C/C(C)=C\C=C(/C)n1ccnc1. The van der Waals surface area contributed by atoms with E-state index in [-0.39, 0.29) is 0 Å². The Kier molecular flexibility index (Phi) is 3.26. The summed E-state index contributed by atoms with van der Waals surface area (Å²) in [7, 11) is 0. The molecule has 1 aromatic heterocycles. The fourth-order valence-electron chi connectivity index (χ4n) is 0.874. The Morgan fingerprint density at radius 3 is 2.69 bits per heavy atom. The summed E-state index contributed by atoms with van der Waals surface area (Å²) in [6, 6.07) is 0. The van der Waals surface area contributed by atoms with Crippen LogP contribution in [0, 0.1) is 0 Å². The van der Waals surface area contributed by atoms with Gasteiger partial charge >= 0.3 is 0 Å². The monoisotopic (exact) mass is 174 g/mol. The Hall–Kier alpha value is -1.57. The highest BCUT2D eigenvalue weighted by Gasteiger charge is 1.88. The molecule has 0 fully saturated rings. The predicted octanol–water partition coefficient (Wildman–Crippen LogP) is 2.88. The molecule has 0 saturated heterocycles. The first-order chi connectivity index (χ1) is 6.24. The molecule has 0 saturated carbocycles. The van der Waals surface area contributed by atoms with E-state index in [2.05, 4.69) is 11.6 Å². The normalized spacial score (nSPS) is 13.1. The molecule has 1 heterocycles. The van der Waals surface area contributed by atoms with Crippen molar-refractivity contribution >= 4 is 5.70 Å². The quantitative estimate of drug-likeness (QED) is 0.644. The highest BCUT2D eigenvalue weighted by molar-refractivity contribution is 5.46. The zero-order valence-corrected chi connectivity index (χ0v) is 8.07. The summed E-state index contributed by atoms with van der Waals surface area (Å²) in [4.78, 5) is 3.97. The molecule has 0 bridgehead atoms. The molecular formula is C11H14N2. The number of hydrogen-bond donors (Lipinski definition) is 0. The van der Waals surface area contributed by atoms with E-state index in [1.807, 2.05) is 42.8 Å². The van der Waals surface area contributed by atoms with Crippen LogP contribution in [0.3, 0.4) is 0 Å². The van der Waals surface area contributed by atoms with E-state index in [0.717, 1.165) is 11.3 Å². The van der Waals surface area contributed by atoms with E-state index in [0.29, 0.717) is 0 Å². The zero-order chi connectivity index (χ0) is 9.68. The fourth-order valence-corrected chi connectivity index (χ4v) is 0.874. The second-order valence-corrected chi connectivity index (χ2v) is 2.89. The van der Waals surface area contributed by atoms with Crippen LogP contribution in [0.5, 0.6) is 0 Å². The van der Waals surface area contributed by atoms with Gasteiger partial charge in [0.05, 0.1) is 6.33 Å². The fraction of sp³-hybridized carbons (Fsp3) is 0.182. The third-order valence-electron chi connectivity index (χ3n) is 1.82. The molecule has 0 aromatic carbocycles. The van der Waals surface area contributed by atoms with Crippen LogP contribution in [0.2, 0.25) is 0 Å². The first kappa shape index (κ1) is 9.52. The zero-order valence-electron chi connectivity index (χ0n) is 8.07. The van der Waals surface area contributed by atoms with Crippen molar-refractivity contribution in [3.63, 3.8) is 0 Å². The number of imidazole rings is 1. The minimum Gasteiger partial charge on any atom is -0.310 e. The van der Waals surface area contributed by atoms with Crippen LogP contribution >= 0.6 is 0 Å². The summed E-state index contributed by atoms with van der Waals surface area (Å²) in [6.07, 6.45) is 11.4. The van der Waals surface area contributed by atoms with Crippen molar-refractivity contribution in [3.8, 4) is 0 Å². The lowest BCUT2D eigenvalue weighted by Crippen LogP contribution is -1.87. The molecule has 0 aliphatic heterocycles. The minimum absolute atomic E-state index is 1.14. The van der Waals surface area contributed by atoms with Crippen LogP contribution in [-0.2, 0) is 0 Å². The lowest BCUT2D eigenvalue weighted by molar-refractivity contribution is 1.07. The molecule has 2 nitrogen and oxygen atoms in total. The van der Waals surface area contributed by atoms with Crippen LogP contribution in [0.1, 0.15) is 13.8 Å². The van der Waals surface area contributed by atoms with E-state index in [9.17, 15) is 0 Å². The van der Waals surface area contributed by atoms with Gasteiger partial charge in [0.15, 0.2) is 0 Å². The van der Waals surface area contributed by atoms with Gasteiger partial charge < -0.3 is 4.57 Å². The number of allylic oxidation sites excluding steroid dienone is 5. The van der Waals surface area contributed by atoms with E-state index < -0.39 is 0 Å². The molecule has 0 unspecified atom stereocenters. The van der Waals surface area contributed by atoms with Gasteiger partial charge in [0, 0.05) is 18.1 Å². The van der Waals surface area contributed by atoms with Crippen molar-refractivity contribution in [1.82, 2.24) is 9.55 Å². The van der Waals surface area contributed by atoms with Crippen molar-refractivity contribution in [3.05, 3.63) is 49.1 Å².